The summed E-state index contributed by atoms with van der Waals surface area (Å²) in [5.41, 5.74) is 1.27. The van der Waals surface area contributed by atoms with E-state index >= 15 is 0 Å². The van der Waals surface area contributed by atoms with Gasteiger partial charge in [-0.3, -0.25) is 4.79 Å². The Morgan fingerprint density at radius 1 is 1.03 bits per heavy atom. The van der Waals surface area contributed by atoms with Crippen LogP contribution in [0.4, 0.5) is 10.2 Å². The van der Waals surface area contributed by atoms with Gasteiger partial charge in [-0.1, -0.05) is 25.1 Å². The van der Waals surface area contributed by atoms with E-state index in [-0.39, 0.29) is 23.0 Å². The van der Waals surface area contributed by atoms with Crippen LogP contribution in [0.15, 0.2) is 77.8 Å². The van der Waals surface area contributed by atoms with Crippen LogP contribution in [0, 0.1) is 11.7 Å². The minimum Gasteiger partial charge on any atom is -0.345 e. The first-order valence-electron chi connectivity index (χ1n) is 11.4. The normalized spacial score (nSPS) is 15.2. The van der Waals surface area contributed by atoms with Gasteiger partial charge in [0.1, 0.15) is 11.6 Å². The molecule has 0 saturated carbocycles. The Hall–Kier alpha value is -3.10. The molecule has 0 aliphatic carbocycles. The lowest BCUT2D eigenvalue weighted by Crippen LogP contribution is -2.37. The molecule has 3 aromatic rings. The van der Waals surface area contributed by atoms with Gasteiger partial charge in [-0.05, 0) is 72.9 Å². The van der Waals surface area contributed by atoms with Gasteiger partial charge in [0.25, 0.3) is 0 Å². The number of anilines is 1. The predicted octanol–water partition coefficient (Wildman–Crippen LogP) is 4.53. The molecule has 0 amide bonds. The van der Waals surface area contributed by atoms with Gasteiger partial charge in [0.15, 0.2) is 5.78 Å². The smallest absolute Gasteiger partial charge is 0.243 e. The lowest BCUT2D eigenvalue weighted by atomic mass is 10.0. The number of Topliss-reactive ketones (excluding diaryl/α,β-unsaturated/α-hetero) is 1. The molecular formula is C26H28FN3O3S. The van der Waals surface area contributed by atoms with Gasteiger partial charge < -0.3 is 4.90 Å². The highest BCUT2D eigenvalue weighted by Gasteiger charge is 2.28. The van der Waals surface area contributed by atoms with E-state index in [1.54, 1.807) is 36.5 Å². The Balaban J connectivity index is 1.49. The first kappa shape index (κ1) is 24.0. The minimum absolute atomic E-state index is 0.0461. The molecule has 0 spiro atoms. The average Bonchev–Trinajstić information content (AvgIpc) is 2.86. The van der Waals surface area contributed by atoms with Crippen molar-refractivity contribution in [3.63, 3.8) is 0 Å². The zero-order valence-electron chi connectivity index (χ0n) is 19.1. The number of hydrogen-bond acceptors (Lipinski definition) is 5. The maximum Gasteiger partial charge on any atom is 0.243 e. The summed E-state index contributed by atoms with van der Waals surface area (Å²) >= 11 is 0. The summed E-state index contributed by atoms with van der Waals surface area (Å²) in [6.45, 7) is 3.60. The molecule has 8 heteroatoms. The average molecular weight is 482 g/mol. The first-order chi connectivity index (χ1) is 16.3. The number of pyridine rings is 1. The lowest BCUT2D eigenvalue weighted by molar-refractivity contribution is 0.0998. The molecule has 0 atom stereocenters. The summed E-state index contributed by atoms with van der Waals surface area (Å²) < 4.78 is 40.8. The molecule has 1 aliphatic rings. The summed E-state index contributed by atoms with van der Waals surface area (Å²) in [5.74, 6) is 0.670. The van der Waals surface area contributed by atoms with Crippen LogP contribution < -0.4 is 4.90 Å². The second-order valence-electron chi connectivity index (χ2n) is 8.70. The number of aromatic nitrogens is 1. The molecule has 2 heterocycles. The highest BCUT2D eigenvalue weighted by molar-refractivity contribution is 7.89. The second-order valence-corrected chi connectivity index (χ2v) is 10.6. The number of hydrogen-bond donors (Lipinski definition) is 0. The van der Waals surface area contributed by atoms with Crippen LogP contribution in [0.2, 0.25) is 0 Å². The van der Waals surface area contributed by atoms with Crippen LogP contribution in [-0.2, 0) is 16.6 Å². The van der Waals surface area contributed by atoms with Crippen molar-refractivity contribution in [2.45, 2.75) is 31.2 Å². The van der Waals surface area contributed by atoms with Crippen molar-refractivity contribution in [3.05, 3.63) is 89.9 Å². The van der Waals surface area contributed by atoms with Crippen LogP contribution in [0.3, 0.4) is 0 Å². The molecule has 1 aliphatic heterocycles. The Morgan fingerprint density at radius 3 is 2.32 bits per heavy atom. The summed E-state index contributed by atoms with van der Waals surface area (Å²) in [7, 11) is -3.57. The van der Waals surface area contributed by atoms with Crippen molar-refractivity contribution in [1.82, 2.24) is 9.29 Å². The van der Waals surface area contributed by atoms with E-state index in [0.29, 0.717) is 36.9 Å². The third-order valence-electron chi connectivity index (χ3n) is 6.15. The van der Waals surface area contributed by atoms with Crippen LogP contribution in [0.25, 0.3) is 0 Å². The first-order valence-corrected chi connectivity index (χ1v) is 12.8. The quantitative estimate of drug-likeness (QED) is 0.442. The molecule has 0 unspecified atom stereocenters. The number of halogens is 1. The van der Waals surface area contributed by atoms with Crippen molar-refractivity contribution in [1.29, 1.82) is 0 Å². The SMILES string of the molecule is CC1CCN(S(=O)(=O)c2ccc(C(=O)CN(Cc3ccc(F)cc3)c3ccccn3)cc2)CC1. The van der Waals surface area contributed by atoms with Crippen LogP contribution in [-0.4, -0.2) is 43.1 Å². The van der Waals surface area contributed by atoms with Crippen molar-refractivity contribution < 1.29 is 17.6 Å². The summed E-state index contributed by atoms with van der Waals surface area (Å²) in [6, 6.07) is 17.7. The van der Waals surface area contributed by atoms with E-state index in [2.05, 4.69) is 11.9 Å². The van der Waals surface area contributed by atoms with Crippen LogP contribution in [0.5, 0.6) is 0 Å². The molecule has 6 nitrogen and oxygen atoms in total. The van der Waals surface area contributed by atoms with Gasteiger partial charge in [-0.15, -0.1) is 0 Å². The van der Waals surface area contributed by atoms with Crippen LogP contribution in [0.1, 0.15) is 35.7 Å². The van der Waals surface area contributed by atoms with Gasteiger partial charge in [0, 0.05) is 31.4 Å². The van der Waals surface area contributed by atoms with E-state index in [9.17, 15) is 17.6 Å². The number of rotatable bonds is 8. The highest BCUT2D eigenvalue weighted by Crippen LogP contribution is 2.24. The molecular weight excluding hydrogens is 453 g/mol. The van der Waals surface area contributed by atoms with Gasteiger partial charge >= 0.3 is 0 Å². The fourth-order valence-corrected chi connectivity index (χ4v) is 5.49. The Labute approximate surface area is 200 Å². The fourth-order valence-electron chi connectivity index (χ4n) is 4.02. The van der Waals surface area contributed by atoms with Crippen LogP contribution >= 0.6 is 0 Å². The third kappa shape index (κ3) is 5.69. The van der Waals surface area contributed by atoms with E-state index in [1.807, 2.05) is 17.0 Å². The van der Waals surface area contributed by atoms with Crippen molar-refractivity contribution in [3.8, 4) is 0 Å². The fraction of sp³-hybridized carbons (Fsp3) is 0.308. The number of carbonyl (C=O) groups is 1. The molecule has 1 fully saturated rings. The predicted molar refractivity (Wildman–Crippen MR) is 130 cm³/mol. The maximum absolute atomic E-state index is 13.3. The number of carbonyl (C=O) groups excluding carboxylic acids is 1. The van der Waals surface area contributed by atoms with E-state index < -0.39 is 10.0 Å². The highest BCUT2D eigenvalue weighted by atomic mass is 32.2. The number of nitrogens with zero attached hydrogens (tertiary/aromatic N) is 3. The van der Waals surface area contributed by atoms with E-state index in [1.165, 1.54) is 28.6 Å². The summed E-state index contributed by atoms with van der Waals surface area (Å²) in [5, 5.41) is 0. The van der Waals surface area contributed by atoms with Gasteiger partial charge in [-0.2, -0.15) is 4.31 Å². The van der Waals surface area contributed by atoms with Crippen molar-refractivity contribution in [2.24, 2.45) is 5.92 Å². The molecule has 4 rings (SSSR count). The van der Waals surface area contributed by atoms with E-state index in [4.69, 9.17) is 0 Å². The maximum atomic E-state index is 13.3. The second kappa shape index (κ2) is 10.4. The summed E-state index contributed by atoms with van der Waals surface area (Å²) in [4.78, 5) is 19.5. The van der Waals surface area contributed by atoms with Crippen molar-refractivity contribution >= 4 is 21.6 Å². The molecule has 0 radical (unpaired) electrons. The van der Waals surface area contributed by atoms with Gasteiger partial charge in [0.2, 0.25) is 10.0 Å². The minimum atomic E-state index is -3.57. The Morgan fingerprint density at radius 2 is 1.71 bits per heavy atom. The zero-order valence-corrected chi connectivity index (χ0v) is 19.9. The number of benzene rings is 2. The molecule has 34 heavy (non-hydrogen) atoms. The molecule has 2 aromatic carbocycles. The van der Waals surface area contributed by atoms with E-state index in [0.717, 1.165) is 18.4 Å². The number of ketones is 1. The summed E-state index contributed by atoms with van der Waals surface area (Å²) in [6.07, 6.45) is 3.36. The Kier molecular flexibility index (Phi) is 7.38. The molecule has 0 bridgehead atoms. The molecule has 1 saturated heterocycles. The van der Waals surface area contributed by atoms with Crippen molar-refractivity contribution in [2.75, 3.05) is 24.5 Å². The molecule has 1 aromatic heterocycles. The topological polar surface area (TPSA) is 70.6 Å². The number of sulfonamides is 1. The van der Waals surface area contributed by atoms with Gasteiger partial charge in [0.05, 0.1) is 11.4 Å². The Bertz CT molecular complexity index is 1210. The number of piperidine rings is 1. The lowest BCUT2D eigenvalue weighted by Gasteiger charge is -2.29. The standard InChI is InChI=1S/C26H28FN3O3S/c1-20-13-16-30(17-14-20)34(32,33)24-11-7-22(8-12-24)25(31)19-29(26-4-2-3-15-28-26)18-21-5-9-23(27)10-6-21/h2-12,15,20H,13-14,16-19H2,1H3. The monoisotopic (exact) mass is 481 g/mol. The molecule has 0 N–H and O–H groups in total. The molecule has 178 valence electrons. The third-order valence-corrected chi connectivity index (χ3v) is 8.06. The zero-order chi connectivity index (χ0) is 24.1. The van der Waals surface area contributed by atoms with Gasteiger partial charge in [-0.25, -0.2) is 17.8 Å². The largest absolute Gasteiger partial charge is 0.345 e.